The van der Waals surface area contributed by atoms with Crippen LogP contribution in [0, 0.1) is 6.92 Å². The fourth-order valence-corrected chi connectivity index (χ4v) is 2.67. The lowest BCUT2D eigenvalue weighted by atomic mass is 10.1. The van der Waals surface area contributed by atoms with Gasteiger partial charge >= 0.3 is 6.03 Å². The van der Waals surface area contributed by atoms with Gasteiger partial charge in [0.05, 0.1) is 19.0 Å². The molecule has 0 bridgehead atoms. The van der Waals surface area contributed by atoms with Crippen LogP contribution in [0.15, 0.2) is 48.7 Å². The second-order valence-corrected chi connectivity index (χ2v) is 6.20. The fraction of sp³-hybridized carbons (Fsp3) is 0.158. The summed E-state index contributed by atoms with van der Waals surface area (Å²) >= 11 is 6.08. The van der Waals surface area contributed by atoms with Crippen LogP contribution in [-0.4, -0.2) is 22.7 Å². The molecule has 2 aromatic carbocycles. The van der Waals surface area contributed by atoms with E-state index in [0.29, 0.717) is 16.7 Å². The lowest BCUT2D eigenvalue weighted by Gasteiger charge is -2.10. The summed E-state index contributed by atoms with van der Waals surface area (Å²) in [7, 11) is 3.46. The Morgan fingerprint density at radius 1 is 1.15 bits per heavy atom. The molecule has 3 aromatic rings. The Hall–Kier alpha value is -2.99. The largest absolute Gasteiger partial charge is 0.497 e. The zero-order valence-corrected chi connectivity index (χ0v) is 15.5. The smallest absolute Gasteiger partial charge is 0.326 e. The topological polar surface area (TPSA) is 68.2 Å². The van der Waals surface area contributed by atoms with Crippen molar-refractivity contribution < 1.29 is 9.53 Å². The van der Waals surface area contributed by atoms with Gasteiger partial charge in [-0.1, -0.05) is 17.7 Å². The third-order valence-corrected chi connectivity index (χ3v) is 4.44. The number of anilines is 2. The molecule has 0 unspecified atom stereocenters. The number of amides is 2. The Kier molecular flexibility index (Phi) is 5.14. The molecule has 0 fully saturated rings. The van der Waals surface area contributed by atoms with Crippen molar-refractivity contribution in [2.45, 2.75) is 6.92 Å². The van der Waals surface area contributed by atoms with Crippen molar-refractivity contribution in [3.8, 4) is 17.0 Å². The molecule has 6 nitrogen and oxygen atoms in total. The number of aromatic nitrogens is 2. The number of urea groups is 1. The second kappa shape index (κ2) is 7.49. The molecule has 0 saturated carbocycles. The van der Waals surface area contributed by atoms with Crippen LogP contribution in [0.3, 0.4) is 0 Å². The van der Waals surface area contributed by atoms with E-state index >= 15 is 0 Å². The summed E-state index contributed by atoms with van der Waals surface area (Å²) in [6, 6.07) is 12.6. The average Bonchev–Trinajstić information content (AvgIpc) is 2.99. The maximum absolute atomic E-state index is 12.2. The van der Waals surface area contributed by atoms with Gasteiger partial charge in [0.25, 0.3) is 0 Å². The highest BCUT2D eigenvalue weighted by molar-refractivity contribution is 6.31. The lowest BCUT2D eigenvalue weighted by molar-refractivity contribution is 0.262. The van der Waals surface area contributed by atoms with Crippen LogP contribution in [0.2, 0.25) is 5.02 Å². The van der Waals surface area contributed by atoms with Crippen LogP contribution in [0.5, 0.6) is 5.75 Å². The molecule has 0 spiro atoms. The first-order valence-electron chi connectivity index (χ1n) is 7.98. The molecule has 1 heterocycles. The monoisotopic (exact) mass is 370 g/mol. The number of nitrogens with zero attached hydrogens (tertiary/aromatic N) is 2. The molecular formula is C19H19ClN4O2. The highest BCUT2D eigenvalue weighted by Gasteiger charge is 2.12. The molecular weight excluding hydrogens is 352 g/mol. The predicted molar refractivity (Wildman–Crippen MR) is 104 cm³/mol. The molecule has 7 heteroatoms. The maximum atomic E-state index is 12.2. The van der Waals surface area contributed by atoms with Crippen molar-refractivity contribution in [1.82, 2.24) is 9.55 Å². The normalized spacial score (nSPS) is 10.5. The number of imidazole rings is 1. The molecule has 0 saturated heterocycles. The Balaban J connectivity index is 1.72. The number of hydrogen-bond donors (Lipinski definition) is 2. The Morgan fingerprint density at radius 3 is 2.54 bits per heavy atom. The summed E-state index contributed by atoms with van der Waals surface area (Å²) in [5, 5.41) is 6.08. The van der Waals surface area contributed by atoms with Crippen molar-refractivity contribution in [1.29, 1.82) is 0 Å². The molecule has 0 aliphatic carbocycles. The van der Waals surface area contributed by atoms with Gasteiger partial charge in [-0.15, -0.1) is 0 Å². The van der Waals surface area contributed by atoms with Gasteiger partial charge in [0.15, 0.2) is 0 Å². The lowest BCUT2D eigenvalue weighted by Crippen LogP contribution is -2.21. The molecule has 1 aromatic heterocycles. The number of hydrogen-bond acceptors (Lipinski definition) is 3. The van der Waals surface area contributed by atoms with Crippen LogP contribution in [0.25, 0.3) is 11.3 Å². The number of rotatable bonds is 4. The SMILES string of the molecule is COc1ccc(-c2cnc(NC(=O)Nc3ccc(C)c(Cl)c3)n2C)cc1. The van der Waals surface area contributed by atoms with Crippen LogP contribution in [0.4, 0.5) is 16.4 Å². The molecule has 0 aliphatic rings. The molecule has 3 rings (SSSR count). The first kappa shape index (κ1) is 17.8. The van der Waals surface area contributed by atoms with Gasteiger partial charge < -0.3 is 14.6 Å². The van der Waals surface area contributed by atoms with Crippen LogP contribution < -0.4 is 15.4 Å². The van der Waals surface area contributed by atoms with E-state index in [1.54, 1.807) is 25.4 Å². The van der Waals surface area contributed by atoms with Gasteiger partial charge in [0.1, 0.15) is 5.75 Å². The van der Waals surface area contributed by atoms with E-state index in [9.17, 15) is 4.79 Å². The number of halogens is 1. The summed E-state index contributed by atoms with van der Waals surface area (Å²) in [6.07, 6.45) is 1.71. The van der Waals surface area contributed by atoms with Crippen LogP contribution >= 0.6 is 11.6 Å². The van der Waals surface area contributed by atoms with E-state index in [1.165, 1.54) is 0 Å². The van der Waals surface area contributed by atoms with Crippen molar-refractivity contribution in [2.24, 2.45) is 7.05 Å². The number of aryl methyl sites for hydroxylation is 1. The van der Waals surface area contributed by atoms with Crippen LogP contribution in [0.1, 0.15) is 5.56 Å². The third-order valence-electron chi connectivity index (χ3n) is 4.03. The first-order chi connectivity index (χ1) is 12.5. The fourth-order valence-electron chi connectivity index (χ4n) is 2.49. The van der Waals surface area contributed by atoms with Crippen molar-refractivity contribution >= 4 is 29.3 Å². The quantitative estimate of drug-likeness (QED) is 0.699. The second-order valence-electron chi connectivity index (χ2n) is 5.80. The molecule has 134 valence electrons. The molecule has 2 amide bonds. The number of carbonyl (C=O) groups is 1. The molecule has 0 radical (unpaired) electrons. The highest BCUT2D eigenvalue weighted by Crippen LogP contribution is 2.24. The predicted octanol–water partition coefficient (Wildman–Crippen LogP) is 4.70. The van der Waals surface area contributed by atoms with Crippen molar-refractivity contribution in [2.75, 3.05) is 17.7 Å². The van der Waals surface area contributed by atoms with Crippen LogP contribution in [-0.2, 0) is 7.05 Å². The molecule has 26 heavy (non-hydrogen) atoms. The van der Waals surface area contributed by atoms with E-state index in [-0.39, 0.29) is 6.03 Å². The number of ether oxygens (including phenoxy) is 1. The number of carbonyl (C=O) groups excluding carboxylic acids is 1. The minimum absolute atomic E-state index is 0.389. The Labute approximate surface area is 156 Å². The summed E-state index contributed by atoms with van der Waals surface area (Å²) in [5.41, 5.74) is 3.41. The standard InChI is InChI=1S/C19H19ClN4O2/c1-12-4-7-14(10-16(12)20)22-19(25)23-18-21-11-17(24(18)2)13-5-8-15(26-3)9-6-13/h4-11H,1-3H3,(H2,21,22,23,25). The van der Waals surface area contributed by atoms with Gasteiger partial charge in [-0.2, -0.15) is 0 Å². The molecule has 0 aliphatic heterocycles. The van der Waals surface area contributed by atoms with E-state index in [0.717, 1.165) is 22.6 Å². The van der Waals surface area contributed by atoms with E-state index in [4.69, 9.17) is 16.3 Å². The summed E-state index contributed by atoms with van der Waals surface area (Å²) in [4.78, 5) is 16.5. The first-order valence-corrected chi connectivity index (χ1v) is 8.36. The van der Waals surface area contributed by atoms with E-state index in [1.807, 2.05) is 48.9 Å². The zero-order valence-electron chi connectivity index (χ0n) is 14.7. The van der Waals surface area contributed by atoms with Gasteiger partial charge in [0, 0.05) is 23.3 Å². The van der Waals surface area contributed by atoms with E-state index in [2.05, 4.69) is 15.6 Å². The Morgan fingerprint density at radius 2 is 1.88 bits per heavy atom. The summed E-state index contributed by atoms with van der Waals surface area (Å²) < 4.78 is 6.98. The third kappa shape index (κ3) is 3.81. The van der Waals surface area contributed by atoms with Crippen molar-refractivity contribution in [3.05, 3.63) is 59.2 Å². The number of nitrogens with one attached hydrogen (secondary N) is 2. The average molecular weight is 371 g/mol. The number of methoxy groups -OCH3 is 1. The van der Waals surface area contributed by atoms with Crippen molar-refractivity contribution in [3.63, 3.8) is 0 Å². The van der Waals surface area contributed by atoms with Gasteiger partial charge in [-0.3, -0.25) is 5.32 Å². The maximum Gasteiger partial charge on any atom is 0.326 e. The van der Waals surface area contributed by atoms with Gasteiger partial charge in [-0.05, 0) is 48.9 Å². The minimum atomic E-state index is -0.389. The Bertz CT molecular complexity index is 935. The highest BCUT2D eigenvalue weighted by atomic mass is 35.5. The van der Waals surface area contributed by atoms with E-state index < -0.39 is 0 Å². The molecule has 2 N–H and O–H groups in total. The van der Waals surface area contributed by atoms with Gasteiger partial charge in [-0.25, -0.2) is 9.78 Å². The minimum Gasteiger partial charge on any atom is -0.497 e. The number of benzene rings is 2. The molecule has 0 atom stereocenters. The zero-order chi connectivity index (χ0) is 18.7. The summed E-state index contributed by atoms with van der Waals surface area (Å²) in [5.74, 6) is 1.22. The van der Waals surface area contributed by atoms with Gasteiger partial charge in [0.2, 0.25) is 5.95 Å². The summed E-state index contributed by atoms with van der Waals surface area (Å²) in [6.45, 7) is 1.90.